The minimum atomic E-state index is -0.473. The van der Waals surface area contributed by atoms with Gasteiger partial charge in [0.05, 0.1) is 19.2 Å². The molecule has 1 aromatic carbocycles. The van der Waals surface area contributed by atoms with E-state index in [2.05, 4.69) is 22.5 Å². The normalized spacial score (nSPS) is 18.3. The Morgan fingerprint density at radius 2 is 2.26 bits per heavy atom. The summed E-state index contributed by atoms with van der Waals surface area (Å²) < 4.78 is 15.8. The van der Waals surface area contributed by atoms with Crippen LogP contribution in [0.1, 0.15) is 37.8 Å². The van der Waals surface area contributed by atoms with Crippen molar-refractivity contribution < 1.29 is 19.0 Å². The van der Waals surface area contributed by atoms with Crippen LogP contribution < -0.4 is 20.1 Å². The number of carbonyl (C=O) groups excluding carboxylic acids is 1. The Morgan fingerprint density at radius 1 is 1.39 bits per heavy atom. The standard InChI is InChI=1S/C16H21N3O4/c1-2-3-4-7-21-16(20)19-15-17-9-12(18-15)11-5-6-13-14(8-11)23-10-22-13/h5-6,8,12H,2-4,7,9-10H2,1H3,(H2,17,18,19,20). The van der Waals surface area contributed by atoms with Gasteiger partial charge in [-0.1, -0.05) is 25.8 Å². The van der Waals surface area contributed by atoms with Crippen molar-refractivity contribution in [2.75, 3.05) is 19.9 Å². The third kappa shape index (κ3) is 3.85. The van der Waals surface area contributed by atoms with Crippen molar-refractivity contribution in [1.29, 1.82) is 0 Å². The number of hydrogen-bond acceptors (Lipinski definition) is 6. The quantitative estimate of drug-likeness (QED) is 0.814. The number of carbonyl (C=O) groups is 1. The predicted molar refractivity (Wildman–Crippen MR) is 84.8 cm³/mol. The monoisotopic (exact) mass is 319 g/mol. The number of ether oxygens (including phenoxy) is 3. The second-order valence-corrected chi connectivity index (χ2v) is 5.47. The van der Waals surface area contributed by atoms with Crippen molar-refractivity contribution in [2.24, 2.45) is 4.99 Å². The van der Waals surface area contributed by atoms with E-state index in [1.807, 2.05) is 18.2 Å². The molecule has 2 aliphatic heterocycles. The summed E-state index contributed by atoms with van der Waals surface area (Å²) in [6.07, 6.45) is 2.55. The van der Waals surface area contributed by atoms with Crippen LogP contribution in [0.3, 0.4) is 0 Å². The molecule has 2 aliphatic rings. The van der Waals surface area contributed by atoms with Gasteiger partial charge in [0.25, 0.3) is 0 Å². The number of fused-ring (bicyclic) bond motifs is 1. The van der Waals surface area contributed by atoms with Crippen LogP contribution in [0.4, 0.5) is 4.79 Å². The van der Waals surface area contributed by atoms with E-state index in [0.717, 1.165) is 36.3 Å². The Balaban J connectivity index is 1.47. The number of rotatable bonds is 5. The topological polar surface area (TPSA) is 81.2 Å². The molecule has 0 aliphatic carbocycles. The molecule has 0 bridgehead atoms. The van der Waals surface area contributed by atoms with E-state index in [-0.39, 0.29) is 12.8 Å². The van der Waals surface area contributed by atoms with Crippen molar-refractivity contribution in [1.82, 2.24) is 10.6 Å². The number of alkyl carbamates (subject to hydrolysis) is 1. The van der Waals surface area contributed by atoms with E-state index >= 15 is 0 Å². The van der Waals surface area contributed by atoms with E-state index in [9.17, 15) is 4.79 Å². The molecular weight excluding hydrogens is 298 g/mol. The second kappa shape index (κ2) is 7.21. The van der Waals surface area contributed by atoms with Crippen LogP contribution in [0.25, 0.3) is 0 Å². The number of benzene rings is 1. The third-order valence-electron chi connectivity index (χ3n) is 3.74. The largest absolute Gasteiger partial charge is 0.454 e. The summed E-state index contributed by atoms with van der Waals surface area (Å²) in [5, 5.41) is 5.80. The van der Waals surface area contributed by atoms with Crippen molar-refractivity contribution in [3.63, 3.8) is 0 Å². The first-order valence-electron chi connectivity index (χ1n) is 7.90. The predicted octanol–water partition coefficient (Wildman–Crippen LogP) is 2.33. The number of hydrogen-bond donors (Lipinski definition) is 2. The van der Waals surface area contributed by atoms with Gasteiger partial charge in [0.15, 0.2) is 11.5 Å². The van der Waals surface area contributed by atoms with Gasteiger partial charge in [0.2, 0.25) is 12.8 Å². The van der Waals surface area contributed by atoms with E-state index in [1.54, 1.807) is 0 Å². The molecule has 2 heterocycles. The van der Waals surface area contributed by atoms with Gasteiger partial charge in [-0.25, -0.2) is 4.79 Å². The average molecular weight is 319 g/mol. The van der Waals surface area contributed by atoms with Gasteiger partial charge in [-0.05, 0) is 24.1 Å². The van der Waals surface area contributed by atoms with Gasteiger partial charge in [0.1, 0.15) is 0 Å². The van der Waals surface area contributed by atoms with Crippen molar-refractivity contribution in [2.45, 2.75) is 32.2 Å². The summed E-state index contributed by atoms with van der Waals surface area (Å²) >= 11 is 0. The third-order valence-corrected chi connectivity index (χ3v) is 3.74. The Morgan fingerprint density at radius 3 is 3.13 bits per heavy atom. The first-order valence-corrected chi connectivity index (χ1v) is 7.90. The Kier molecular flexibility index (Phi) is 4.85. The Bertz CT molecular complexity index is 603. The molecule has 1 atom stereocenters. The number of guanidine groups is 1. The molecule has 1 unspecified atom stereocenters. The number of nitrogens with one attached hydrogen (secondary N) is 2. The van der Waals surface area contributed by atoms with Gasteiger partial charge in [-0.15, -0.1) is 0 Å². The minimum absolute atomic E-state index is 0.000101. The molecule has 1 aromatic rings. The smallest absolute Gasteiger partial charge is 0.413 e. The van der Waals surface area contributed by atoms with Gasteiger partial charge < -0.3 is 19.5 Å². The van der Waals surface area contributed by atoms with Crippen molar-refractivity contribution in [3.05, 3.63) is 23.8 Å². The van der Waals surface area contributed by atoms with Gasteiger partial charge >= 0.3 is 6.09 Å². The number of aliphatic imine (C=N–C) groups is 1. The molecule has 0 saturated carbocycles. The molecule has 2 N–H and O–H groups in total. The van der Waals surface area contributed by atoms with Crippen LogP contribution in [0.2, 0.25) is 0 Å². The highest BCUT2D eigenvalue weighted by Crippen LogP contribution is 2.34. The van der Waals surface area contributed by atoms with Crippen LogP contribution in [0.15, 0.2) is 23.2 Å². The highest BCUT2D eigenvalue weighted by atomic mass is 16.7. The summed E-state index contributed by atoms with van der Waals surface area (Å²) in [4.78, 5) is 16.0. The molecule has 7 heteroatoms. The molecule has 23 heavy (non-hydrogen) atoms. The van der Waals surface area contributed by atoms with Gasteiger partial charge in [-0.3, -0.25) is 10.3 Å². The fourth-order valence-electron chi connectivity index (χ4n) is 2.48. The van der Waals surface area contributed by atoms with E-state index < -0.39 is 6.09 Å². The summed E-state index contributed by atoms with van der Waals surface area (Å²) in [5.41, 5.74) is 1.03. The highest BCUT2D eigenvalue weighted by Gasteiger charge is 2.23. The summed E-state index contributed by atoms with van der Waals surface area (Å²) in [5.74, 6) is 1.93. The van der Waals surface area contributed by atoms with Crippen molar-refractivity contribution in [3.8, 4) is 11.5 Å². The van der Waals surface area contributed by atoms with Crippen LogP contribution >= 0.6 is 0 Å². The summed E-state index contributed by atoms with van der Waals surface area (Å²) in [6.45, 7) is 3.33. The maximum Gasteiger partial charge on any atom is 0.413 e. The maximum absolute atomic E-state index is 11.7. The number of amides is 1. The van der Waals surface area contributed by atoms with Crippen LogP contribution in [0, 0.1) is 0 Å². The molecule has 7 nitrogen and oxygen atoms in total. The average Bonchev–Trinajstić information content (AvgIpc) is 3.19. The molecule has 0 saturated heterocycles. The molecule has 1 amide bonds. The molecular formula is C16H21N3O4. The lowest BCUT2D eigenvalue weighted by atomic mass is 10.1. The van der Waals surface area contributed by atoms with Crippen LogP contribution in [-0.2, 0) is 4.74 Å². The molecule has 0 spiro atoms. The molecule has 3 rings (SSSR count). The lowest BCUT2D eigenvalue weighted by Gasteiger charge is -2.13. The zero-order chi connectivity index (χ0) is 16.1. The van der Waals surface area contributed by atoms with E-state index in [4.69, 9.17) is 14.2 Å². The highest BCUT2D eigenvalue weighted by molar-refractivity contribution is 5.95. The van der Waals surface area contributed by atoms with E-state index in [1.165, 1.54) is 0 Å². The first kappa shape index (κ1) is 15.5. The second-order valence-electron chi connectivity index (χ2n) is 5.47. The van der Waals surface area contributed by atoms with Crippen LogP contribution in [-0.4, -0.2) is 32.0 Å². The molecule has 0 aromatic heterocycles. The zero-order valence-electron chi connectivity index (χ0n) is 13.1. The SMILES string of the molecule is CCCCCOC(=O)NC1=NCC(c2ccc3c(c2)OCO3)N1. The lowest BCUT2D eigenvalue weighted by molar-refractivity contribution is 0.149. The lowest BCUT2D eigenvalue weighted by Crippen LogP contribution is -2.39. The molecule has 124 valence electrons. The Hall–Kier alpha value is -2.44. The Labute approximate surface area is 135 Å². The minimum Gasteiger partial charge on any atom is -0.454 e. The van der Waals surface area contributed by atoms with Crippen LogP contribution in [0.5, 0.6) is 11.5 Å². The number of unbranched alkanes of at least 4 members (excludes halogenated alkanes) is 2. The first-order chi connectivity index (χ1) is 11.3. The zero-order valence-corrected chi connectivity index (χ0v) is 13.1. The van der Waals surface area contributed by atoms with Gasteiger partial charge in [-0.2, -0.15) is 0 Å². The number of nitrogens with zero attached hydrogens (tertiary/aromatic N) is 1. The molecule has 0 fully saturated rings. The van der Waals surface area contributed by atoms with E-state index in [0.29, 0.717) is 19.1 Å². The molecule has 0 radical (unpaired) electrons. The summed E-state index contributed by atoms with van der Waals surface area (Å²) in [7, 11) is 0. The van der Waals surface area contributed by atoms with Gasteiger partial charge in [0, 0.05) is 0 Å². The fourth-order valence-corrected chi connectivity index (χ4v) is 2.48. The fraction of sp³-hybridized carbons (Fsp3) is 0.500. The van der Waals surface area contributed by atoms with Crippen molar-refractivity contribution >= 4 is 12.1 Å². The maximum atomic E-state index is 11.7. The summed E-state index contributed by atoms with van der Waals surface area (Å²) in [6, 6.07) is 5.78.